The number of rotatable bonds is 5. The van der Waals surface area contributed by atoms with Gasteiger partial charge in [-0.05, 0) is 61.3 Å². The average molecular weight is 485 g/mol. The Labute approximate surface area is 188 Å². The lowest BCUT2D eigenvalue weighted by atomic mass is 10.1. The summed E-state index contributed by atoms with van der Waals surface area (Å²) in [5.74, 6) is 1.67. The number of hydrogen-bond donors (Lipinski definition) is 0. The maximum Gasteiger partial charge on any atom is 0.192 e. The van der Waals surface area contributed by atoms with Gasteiger partial charge in [0.05, 0.1) is 12.1 Å². The quantitative estimate of drug-likeness (QED) is 0.370. The van der Waals surface area contributed by atoms with Crippen molar-refractivity contribution in [2.75, 3.05) is 0 Å². The van der Waals surface area contributed by atoms with Crippen molar-refractivity contribution in [2.24, 2.45) is 0 Å². The molecule has 158 valence electrons. The highest BCUT2D eigenvalue weighted by Crippen LogP contribution is 2.53. The third-order valence-electron chi connectivity index (χ3n) is 6.59. The maximum atomic E-state index is 6.58. The molecule has 0 bridgehead atoms. The first-order valence-electron chi connectivity index (χ1n) is 10.6. The molecule has 2 heterocycles. The molecule has 0 aliphatic heterocycles. The Kier molecular flexibility index (Phi) is 5.62. The van der Waals surface area contributed by atoms with E-state index in [0.717, 1.165) is 33.6 Å². The molecular formula is C24H30BrN3OSi. The Morgan fingerprint density at radius 3 is 2.57 bits per heavy atom. The summed E-state index contributed by atoms with van der Waals surface area (Å²) in [6, 6.07) is 10.5. The number of aryl methyl sites for hydroxylation is 1. The van der Waals surface area contributed by atoms with Gasteiger partial charge in [0.25, 0.3) is 0 Å². The highest BCUT2D eigenvalue weighted by atomic mass is 79.9. The third-order valence-corrected chi connectivity index (χ3v) is 11.6. The van der Waals surface area contributed by atoms with Crippen molar-refractivity contribution in [2.45, 2.75) is 70.7 Å². The molecule has 30 heavy (non-hydrogen) atoms. The van der Waals surface area contributed by atoms with Crippen LogP contribution in [0.5, 0.6) is 0 Å². The first-order valence-corrected chi connectivity index (χ1v) is 14.3. The Balaban J connectivity index is 1.67. The van der Waals surface area contributed by atoms with Crippen LogP contribution in [0.2, 0.25) is 18.1 Å². The van der Waals surface area contributed by atoms with Crippen molar-refractivity contribution >= 4 is 35.2 Å². The summed E-state index contributed by atoms with van der Waals surface area (Å²) in [7, 11) is -1.84. The number of benzene rings is 1. The Bertz CT molecular complexity index is 1090. The minimum atomic E-state index is -1.84. The number of hydrogen-bond acceptors (Lipinski definition) is 4. The number of fused-ring (bicyclic) bond motifs is 1. The SMILES string of the molecule is Cc1ccnc([C@H]2C[C@@H]2c2cc(CO[Si](C)(C)C(C)(C)C)c3ccc(Br)cc3n2)n1. The van der Waals surface area contributed by atoms with Gasteiger partial charge in [-0.15, -0.1) is 0 Å². The minimum absolute atomic E-state index is 0.186. The second-order valence-corrected chi connectivity index (χ2v) is 15.6. The van der Waals surface area contributed by atoms with E-state index in [2.05, 4.69) is 84.0 Å². The van der Waals surface area contributed by atoms with Crippen LogP contribution in [-0.4, -0.2) is 23.3 Å². The zero-order valence-electron chi connectivity index (χ0n) is 18.7. The van der Waals surface area contributed by atoms with Gasteiger partial charge in [0.1, 0.15) is 5.82 Å². The molecule has 0 unspecified atom stereocenters. The van der Waals surface area contributed by atoms with Crippen LogP contribution in [0.4, 0.5) is 0 Å². The van der Waals surface area contributed by atoms with E-state index in [0.29, 0.717) is 18.4 Å². The fraction of sp³-hybridized carbons (Fsp3) is 0.458. The van der Waals surface area contributed by atoms with Crippen LogP contribution in [0.3, 0.4) is 0 Å². The molecule has 2 atom stereocenters. The summed E-state index contributed by atoms with van der Waals surface area (Å²) in [5, 5.41) is 1.36. The summed E-state index contributed by atoms with van der Waals surface area (Å²) in [5.41, 5.74) is 4.39. The monoisotopic (exact) mass is 483 g/mol. The van der Waals surface area contributed by atoms with Gasteiger partial charge in [-0.1, -0.05) is 42.8 Å². The van der Waals surface area contributed by atoms with Crippen LogP contribution in [0.1, 0.15) is 61.8 Å². The first-order chi connectivity index (χ1) is 14.0. The molecule has 2 aromatic heterocycles. The fourth-order valence-corrected chi connectivity index (χ4v) is 4.83. The van der Waals surface area contributed by atoms with Gasteiger partial charge in [0.2, 0.25) is 0 Å². The van der Waals surface area contributed by atoms with Crippen molar-refractivity contribution in [3.05, 3.63) is 63.8 Å². The molecule has 1 aliphatic rings. The van der Waals surface area contributed by atoms with Gasteiger partial charge in [-0.2, -0.15) is 0 Å². The van der Waals surface area contributed by atoms with E-state index in [-0.39, 0.29) is 5.04 Å². The van der Waals surface area contributed by atoms with Crippen molar-refractivity contribution in [1.29, 1.82) is 0 Å². The van der Waals surface area contributed by atoms with E-state index in [4.69, 9.17) is 9.41 Å². The Morgan fingerprint density at radius 1 is 1.10 bits per heavy atom. The second kappa shape index (κ2) is 7.81. The molecule has 1 aliphatic carbocycles. The first kappa shape index (κ1) is 21.6. The van der Waals surface area contributed by atoms with Gasteiger partial charge in [0, 0.05) is 39.3 Å². The smallest absolute Gasteiger partial charge is 0.192 e. The maximum absolute atomic E-state index is 6.58. The predicted molar refractivity (Wildman–Crippen MR) is 128 cm³/mol. The van der Waals surface area contributed by atoms with E-state index < -0.39 is 8.32 Å². The molecule has 0 N–H and O–H groups in total. The van der Waals surface area contributed by atoms with Gasteiger partial charge in [0.15, 0.2) is 8.32 Å². The number of aromatic nitrogens is 3. The fourth-order valence-electron chi connectivity index (χ4n) is 3.53. The van der Waals surface area contributed by atoms with E-state index in [1.165, 1.54) is 10.9 Å². The van der Waals surface area contributed by atoms with E-state index in [1.54, 1.807) is 0 Å². The molecule has 1 aromatic carbocycles. The summed E-state index contributed by atoms with van der Waals surface area (Å²) in [6.07, 6.45) is 2.91. The Morgan fingerprint density at radius 2 is 1.87 bits per heavy atom. The van der Waals surface area contributed by atoms with Crippen LogP contribution in [-0.2, 0) is 11.0 Å². The summed E-state index contributed by atoms with van der Waals surface area (Å²) < 4.78 is 7.62. The summed E-state index contributed by atoms with van der Waals surface area (Å²) in [6.45, 7) is 14.1. The van der Waals surface area contributed by atoms with Gasteiger partial charge < -0.3 is 4.43 Å². The molecule has 0 saturated heterocycles. The van der Waals surface area contributed by atoms with Crippen molar-refractivity contribution in [3.8, 4) is 0 Å². The molecule has 4 rings (SSSR count). The highest BCUT2D eigenvalue weighted by Gasteiger charge is 2.43. The Hall–Kier alpha value is -1.63. The molecular weight excluding hydrogens is 454 g/mol. The summed E-state index contributed by atoms with van der Waals surface area (Å²) in [4.78, 5) is 14.2. The number of pyridine rings is 1. The van der Waals surface area contributed by atoms with Crippen LogP contribution >= 0.6 is 15.9 Å². The summed E-state index contributed by atoms with van der Waals surface area (Å²) >= 11 is 3.60. The standard InChI is InChI=1S/C24H30BrN3OSi/c1-15-9-10-26-23(27-15)20-13-19(20)21-11-16(14-29-30(5,6)24(2,3)4)18-8-7-17(25)12-22(18)28-21/h7-12,19-20H,13-14H2,1-6H3/t19-,20-/m0/s1. The zero-order valence-corrected chi connectivity index (χ0v) is 21.2. The van der Waals surface area contributed by atoms with Crippen LogP contribution in [0.25, 0.3) is 10.9 Å². The van der Waals surface area contributed by atoms with Crippen molar-refractivity contribution in [3.63, 3.8) is 0 Å². The van der Waals surface area contributed by atoms with E-state index in [1.807, 2.05) is 19.2 Å². The largest absolute Gasteiger partial charge is 0.413 e. The average Bonchev–Trinajstić information content (AvgIpc) is 3.45. The highest BCUT2D eigenvalue weighted by molar-refractivity contribution is 9.10. The van der Waals surface area contributed by atoms with Gasteiger partial charge in [-0.3, -0.25) is 4.98 Å². The van der Waals surface area contributed by atoms with Gasteiger partial charge >= 0.3 is 0 Å². The number of nitrogens with zero attached hydrogens (tertiary/aromatic N) is 3. The second-order valence-electron chi connectivity index (χ2n) is 9.92. The van der Waals surface area contributed by atoms with Crippen molar-refractivity contribution in [1.82, 2.24) is 15.0 Å². The molecule has 0 spiro atoms. The molecule has 3 aromatic rings. The normalized spacial score (nSPS) is 19.3. The molecule has 6 heteroatoms. The molecule has 0 amide bonds. The van der Waals surface area contributed by atoms with E-state index >= 15 is 0 Å². The minimum Gasteiger partial charge on any atom is -0.413 e. The number of halogens is 1. The molecule has 1 fully saturated rings. The van der Waals surface area contributed by atoms with Crippen LogP contribution in [0, 0.1) is 6.92 Å². The topological polar surface area (TPSA) is 47.9 Å². The lowest BCUT2D eigenvalue weighted by Gasteiger charge is -2.36. The predicted octanol–water partition coefficient (Wildman–Crippen LogP) is 6.89. The molecule has 4 nitrogen and oxygen atoms in total. The zero-order chi connectivity index (χ0) is 21.7. The van der Waals surface area contributed by atoms with Crippen molar-refractivity contribution < 1.29 is 4.43 Å². The van der Waals surface area contributed by atoms with E-state index in [9.17, 15) is 0 Å². The lowest BCUT2D eigenvalue weighted by Crippen LogP contribution is -2.40. The molecule has 1 saturated carbocycles. The molecule has 0 radical (unpaired) electrons. The van der Waals surface area contributed by atoms with Gasteiger partial charge in [-0.25, -0.2) is 9.97 Å². The van der Waals surface area contributed by atoms with Crippen LogP contribution in [0.15, 0.2) is 41.0 Å². The van der Waals surface area contributed by atoms with Crippen LogP contribution < -0.4 is 0 Å². The lowest BCUT2D eigenvalue weighted by molar-refractivity contribution is 0.277. The third kappa shape index (κ3) is 4.36.